The molecule has 0 saturated carbocycles. The van der Waals surface area contributed by atoms with Gasteiger partial charge in [-0.25, -0.2) is 0 Å². The summed E-state index contributed by atoms with van der Waals surface area (Å²) in [6.45, 7) is 0. The third-order valence-corrected chi connectivity index (χ3v) is 6.05. The lowest BCUT2D eigenvalue weighted by atomic mass is 9.97. The maximum atomic E-state index is 9.63. The molecule has 1 aliphatic rings. The average Bonchev–Trinajstić information content (AvgIpc) is 2.77. The van der Waals surface area contributed by atoms with Crippen LogP contribution in [0.1, 0.15) is 5.56 Å². The third kappa shape index (κ3) is 2.67. The van der Waals surface area contributed by atoms with Crippen molar-refractivity contribution in [1.82, 2.24) is 0 Å². The van der Waals surface area contributed by atoms with Gasteiger partial charge in [-0.1, -0.05) is 72.4 Å². The first-order valence-electron chi connectivity index (χ1n) is 9.11. The van der Waals surface area contributed by atoms with Crippen LogP contribution in [0.4, 0.5) is 17.1 Å². The largest absolute Gasteiger partial charge is 0.308 e. The van der Waals surface area contributed by atoms with Gasteiger partial charge >= 0.3 is 0 Å². The van der Waals surface area contributed by atoms with Gasteiger partial charge in [-0.15, -0.1) is 0 Å². The van der Waals surface area contributed by atoms with Crippen LogP contribution in [0.3, 0.4) is 0 Å². The highest BCUT2D eigenvalue weighted by Crippen LogP contribution is 2.52. The Morgan fingerprint density at radius 1 is 0.571 bits per heavy atom. The van der Waals surface area contributed by atoms with Crippen LogP contribution in [0, 0.1) is 11.3 Å². The fraction of sp³-hybridized carbons (Fsp3) is 0. The minimum absolute atomic E-state index is 0.683. The van der Waals surface area contributed by atoms with Crippen molar-refractivity contribution in [3.63, 3.8) is 0 Å². The molecule has 2 nitrogen and oxygen atoms in total. The Morgan fingerprint density at radius 2 is 1.07 bits per heavy atom. The molecule has 0 atom stereocenters. The molecular formula is C25H16N2S. The van der Waals surface area contributed by atoms with E-state index in [0.29, 0.717) is 5.56 Å². The number of rotatable bonds is 2. The lowest BCUT2D eigenvalue weighted by Gasteiger charge is -2.34. The second-order valence-electron chi connectivity index (χ2n) is 6.55. The summed E-state index contributed by atoms with van der Waals surface area (Å²) < 4.78 is 0. The molecule has 1 heterocycles. The van der Waals surface area contributed by atoms with Gasteiger partial charge in [-0.3, -0.25) is 0 Å². The Bertz CT molecular complexity index is 1180. The molecule has 0 saturated heterocycles. The van der Waals surface area contributed by atoms with Gasteiger partial charge in [0, 0.05) is 20.9 Å². The number of hydrogen-bond donors (Lipinski definition) is 0. The zero-order valence-corrected chi connectivity index (χ0v) is 15.9. The topological polar surface area (TPSA) is 27.0 Å². The highest BCUT2D eigenvalue weighted by Gasteiger charge is 2.26. The number of nitriles is 1. The molecule has 28 heavy (non-hydrogen) atoms. The molecule has 3 heteroatoms. The maximum Gasteiger partial charge on any atom is 0.0998 e. The van der Waals surface area contributed by atoms with E-state index in [0.717, 1.165) is 28.2 Å². The summed E-state index contributed by atoms with van der Waals surface area (Å²) in [5.74, 6) is 0. The molecule has 1 aliphatic heterocycles. The van der Waals surface area contributed by atoms with Crippen LogP contribution in [0.25, 0.3) is 11.1 Å². The Balaban J connectivity index is 1.79. The predicted octanol–water partition coefficient (Wildman–Crippen LogP) is 7.16. The number of hydrogen-bond acceptors (Lipinski definition) is 3. The minimum atomic E-state index is 0.683. The van der Waals surface area contributed by atoms with Gasteiger partial charge in [-0.2, -0.15) is 5.26 Å². The van der Waals surface area contributed by atoms with Crippen LogP contribution in [-0.2, 0) is 0 Å². The highest BCUT2D eigenvalue weighted by molar-refractivity contribution is 7.99. The van der Waals surface area contributed by atoms with E-state index in [4.69, 9.17) is 0 Å². The monoisotopic (exact) mass is 376 g/mol. The van der Waals surface area contributed by atoms with Gasteiger partial charge in [0.25, 0.3) is 0 Å². The van der Waals surface area contributed by atoms with Crippen molar-refractivity contribution < 1.29 is 0 Å². The van der Waals surface area contributed by atoms with Crippen LogP contribution >= 0.6 is 11.8 Å². The van der Waals surface area contributed by atoms with E-state index < -0.39 is 0 Å². The molecule has 4 aromatic carbocycles. The smallest absolute Gasteiger partial charge is 0.0998 e. The van der Waals surface area contributed by atoms with Crippen LogP contribution in [0.15, 0.2) is 107 Å². The first kappa shape index (κ1) is 16.7. The average molecular weight is 376 g/mol. The van der Waals surface area contributed by atoms with Crippen molar-refractivity contribution in [2.24, 2.45) is 0 Å². The fourth-order valence-corrected chi connectivity index (χ4v) is 4.73. The van der Waals surface area contributed by atoms with Gasteiger partial charge in [0.15, 0.2) is 0 Å². The quantitative estimate of drug-likeness (QED) is 0.327. The van der Waals surface area contributed by atoms with Crippen molar-refractivity contribution in [2.45, 2.75) is 9.79 Å². The molecule has 5 rings (SSSR count). The Hall–Kier alpha value is -3.48. The fourth-order valence-electron chi connectivity index (χ4n) is 3.68. The van der Waals surface area contributed by atoms with E-state index in [9.17, 15) is 5.26 Å². The summed E-state index contributed by atoms with van der Waals surface area (Å²) in [6, 6.07) is 35.4. The maximum absolute atomic E-state index is 9.63. The van der Waals surface area contributed by atoms with E-state index in [1.807, 2.05) is 30.3 Å². The molecule has 0 bridgehead atoms. The molecule has 0 aromatic heterocycles. The number of benzene rings is 4. The molecule has 0 fully saturated rings. The SMILES string of the molecule is N#Cc1ccccc1-c1ccccc1N1c2ccccc2Sc2ccccc21. The zero-order valence-electron chi connectivity index (χ0n) is 15.0. The third-order valence-electron chi connectivity index (χ3n) is 4.91. The van der Waals surface area contributed by atoms with Crippen molar-refractivity contribution in [2.75, 3.05) is 4.90 Å². The number of nitrogens with zero attached hydrogens (tertiary/aromatic N) is 2. The van der Waals surface area contributed by atoms with E-state index in [-0.39, 0.29) is 0 Å². The predicted molar refractivity (Wildman–Crippen MR) is 115 cm³/mol. The molecular weight excluding hydrogens is 360 g/mol. The second kappa shape index (κ2) is 6.92. The lowest BCUT2D eigenvalue weighted by Crippen LogP contribution is -2.15. The standard InChI is InChI=1S/C25H16N2S/c26-17-18-9-1-2-10-19(18)20-11-3-4-12-21(20)27-22-13-5-7-15-24(22)28-25-16-8-6-14-23(25)27/h1-16H. The van der Waals surface area contributed by atoms with Gasteiger partial charge in [0.2, 0.25) is 0 Å². The Kier molecular flexibility index (Phi) is 4.12. The van der Waals surface area contributed by atoms with Crippen LogP contribution in [0.2, 0.25) is 0 Å². The van der Waals surface area contributed by atoms with Gasteiger partial charge in [0.05, 0.1) is 28.7 Å². The first-order valence-corrected chi connectivity index (χ1v) is 9.93. The number of anilines is 3. The second-order valence-corrected chi connectivity index (χ2v) is 7.63. The summed E-state index contributed by atoms with van der Waals surface area (Å²) in [5.41, 5.74) is 6.08. The molecule has 0 amide bonds. The van der Waals surface area contributed by atoms with E-state index in [1.54, 1.807) is 11.8 Å². The molecule has 4 aromatic rings. The van der Waals surface area contributed by atoms with Gasteiger partial charge in [0.1, 0.15) is 0 Å². The molecule has 0 unspecified atom stereocenters. The summed E-state index contributed by atoms with van der Waals surface area (Å²) in [5, 5.41) is 9.63. The zero-order chi connectivity index (χ0) is 18.9. The molecule has 0 aliphatic carbocycles. The van der Waals surface area contributed by atoms with Crippen molar-refractivity contribution in [3.05, 3.63) is 103 Å². The minimum Gasteiger partial charge on any atom is -0.308 e. The van der Waals surface area contributed by atoms with Crippen molar-refractivity contribution in [3.8, 4) is 17.2 Å². The molecule has 132 valence electrons. The molecule has 0 N–H and O–H groups in total. The number of para-hydroxylation sites is 3. The number of fused-ring (bicyclic) bond motifs is 2. The molecule has 0 radical (unpaired) electrons. The Labute approximate surface area is 168 Å². The van der Waals surface area contributed by atoms with E-state index in [1.165, 1.54) is 9.79 Å². The van der Waals surface area contributed by atoms with Gasteiger partial charge < -0.3 is 4.90 Å². The van der Waals surface area contributed by atoms with Crippen LogP contribution < -0.4 is 4.90 Å². The van der Waals surface area contributed by atoms with Crippen molar-refractivity contribution >= 4 is 28.8 Å². The van der Waals surface area contributed by atoms with Crippen molar-refractivity contribution in [1.29, 1.82) is 5.26 Å². The van der Waals surface area contributed by atoms with Gasteiger partial charge in [-0.05, 0) is 36.4 Å². The summed E-state index contributed by atoms with van der Waals surface area (Å²) in [7, 11) is 0. The van der Waals surface area contributed by atoms with Crippen LogP contribution in [-0.4, -0.2) is 0 Å². The van der Waals surface area contributed by atoms with E-state index >= 15 is 0 Å². The van der Waals surface area contributed by atoms with Crippen LogP contribution in [0.5, 0.6) is 0 Å². The summed E-state index contributed by atoms with van der Waals surface area (Å²) in [6.07, 6.45) is 0. The lowest BCUT2D eigenvalue weighted by molar-refractivity contribution is 1.17. The first-order chi connectivity index (χ1) is 13.9. The highest BCUT2D eigenvalue weighted by atomic mass is 32.2. The normalized spacial score (nSPS) is 12.0. The molecule has 0 spiro atoms. The Morgan fingerprint density at radius 3 is 1.71 bits per heavy atom. The summed E-state index contributed by atoms with van der Waals surface area (Å²) in [4.78, 5) is 4.76. The van der Waals surface area contributed by atoms with E-state index in [2.05, 4.69) is 77.7 Å². The summed E-state index contributed by atoms with van der Waals surface area (Å²) >= 11 is 1.80.